The van der Waals surface area contributed by atoms with Gasteiger partial charge in [0.25, 0.3) is 5.91 Å². The fourth-order valence-electron chi connectivity index (χ4n) is 2.96. The largest absolute Gasteiger partial charge is 0.336 e. The lowest BCUT2D eigenvalue weighted by atomic mass is 10.2. The van der Waals surface area contributed by atoms with Crippen LogP contribution >= 0.6 is 0 Å². The standard InChI is InChI=1S/C13H18N4O/c18-13(12-9-14-4-5-15-12)17-8-2-7-16-6-1-3-11(16)10-17/h4-5,9,11H,1-3,6-8,10H2. The molecule has 3 rings (SSSR count). The molecule has 2 saturated heterocycles. The zero-order valence-electron chi connectivity index (χ0n) is 10.5. The van der Waals surface area contributed by atoms with E-state index in [1.165, 1.54) is 19.4 Å². The average Bonchev–Trinajstić information content (AvgIpc) is 2.76. The van der Waals surface area contributed by atoms with Crippen molar-refractivity contribution in [3.63, 3.8) is 0 Å². The van der Waals surface area contributed by atoms with E-state index in [0.717, 1.165) is 26.1 Å². The van der Waals surface area contributed by atoms with Gasteiger partial charge in [-0.3, -0.25) is 14.7 Å². The molecule has 0 radical (unpaired) electrons. The molecule has 1 amide bonds. The number of hydrogen-bond acceptors (Lipinski definition) is 4. The predicted octanol–water partition coefficient (Wildman–Crippen LogP) is 0.787. The minimum atomic E-state index is 0.0249. The van der Waals surface area contributed by atoms with Crippen LogP contribution in [0.5, 0.6) is 0 Å². The molecule has 1 unspecified atom stereocenters. The quantitative estimate of drug-likeness (QED) is 0.735. The highest BCUT2D eigenvalue weighted by Gasteiger charge is 2.31. The number of fused-ring (bicyclic) bond motifs is 1. The van der Waals surface area contributed by atoms with Gasteiger partial charge in [-0.1, -0.05) is 0 Å². The fourth-order valence-corrected chi connectivity index (χ4v) is 2.96. The Kier molecular flexibility index (Phi) is 3.23. The lowest BCUT2D eigenvalue weighted by Crippen LogP contribution is -2.39. The topological polar surface area (TPSA) is 49.3 Å². The van der Waals surface area contributed by atoms with Crippen molar-refractivity contribution in [3.05, 3.63) is 24.3 Å². The second kappa shape index (κ2) is 5.02. The molecular formula is C13H18N4O. The average molecular weight is 246 g/mol. The summed E-state index contributed by atoms with van der Waals surface area (Å²) in [5.41, 5.74) is 0.462. The zero-order valence-corrected chi connectivity index (χ0v) is 10.5. The Balaban J connectivity index is 1.74. The van der Waals surface area contributed by atoms with Crippen molar-refractivity contribution >= 4 is 5.91 Å². The van der Waals surface area contributed by atoms with Crippen LogP contribution in [0.3, 0.4) is 0 Å². The van der Waals surface area contributed by atoms with Crippen LogP contribution in [0.25, 0.3) is 0 Å². The van der Waals surface area contributed by atoms with Crippen molar-refractivity contribution in [1.82, 2.24) is 19.8 Å². The maximum Gasteiger partial charge on any atom is 0.274 e. The Labute approximate surface area is 107 Å². The normalized spacial score (nSPS) is 24.7. The number of carbonyl (C=O) groups excluding carboxylic acids is 1. The molecule has 0 saturated carbocycles. The van der Waals surface area contributed by atoms with Crippen LogP contribution < -0.4 is 0 Å². The lowest BCUT2D eigenvalue weighted by molar-refractivity contribution is 0.0737. The first-order valence-corrected chi connectivity index (χ1v) is 6.64. The van der Waals surface area contributed by atoms with Gasteiger partial charge in [0.2, 0.25) is 0 Å². The fraction of sp³-hybridized carbons (Fsp3) is 0.615. The highest BCUT2D eigenvalue weighted by Crippen LogP contribution is 2.21. The van der Waals surface area contributed by atoms with E-state index >= 15 is 0 Å². The predicted molar refractivity (Wildman–Crippen MR) is 67.1 cm³/mol. The molecule has 5 heteroatoms. The van der Waals surface area contributed by atoms with Crippen molar-refractivity contribution in [2.75, 3.05) is 26.2 Å². The zero-order chi connectivity index (χ0) is 12.4. The van der Waals surface area contributed by atoms with E-state index < -0.39 is 0 Å². The van der Waals surface area contributed by atoms with Crippen LogP contribution in [0.1, 0.15) is 29.8 Å². The number of hydrogen-bond donors (Lipinski definition) is 0. The molecule has 96 valence electrons. The van der Waals surface area contributed by atoms with Gasteiger partial charge in [-0.25, -0.2) is 4.98 Å². The monoisotopic (exact) mass is 246 g/mol. The van der Waals surface area contributed by atoms with Gasteiger partial charge >= 0.3 is 0 Å². The summed E-state index contributed by atoms with van der Waals surface area (Å²) in [7, 11) is 0. The van der Waals surface area contributed by atoms with Crippen LogP contribution in [0.4, 0.5) is 0 Å². The summed E-state index contributed by atoms with van der Waals surface area (Å²) in [5.74, 6) is 0.0249. The van der Waals surface area contributed by atoms with Crippen molar-refractivity contribution in [1.29, 1.82) is 0 Å². The third-order valence-corrected chi connectivity index (χ3v) is 3.87. The van der Waals surface area contributed by atoms with Gasteiger partial charge in [0.15, 0.2) is 0 Å². The van der Waals surface area contributed by atoms with Crippen molar-refractivity contribution in [2.45, 2.75) is 25.3 Å². The highest BCUT2D eigenvalue weighted by molar-refractivity contribution is 5.92. The van der Waals surface area contributed by atoms with E-state index in [1.54, 1.807) is 18.6 Å². The molecule has 1 aromatic rings. The van der Waals surface area contributed by atoms with Gasteiger partial charge in [0.1, 0.15) is 5.69 Å². The van der Waals surface area contributed by atoms with Gasteiger partial charge in [0, 0.05) is 38.1 Å². The van der Waals surface area contributed by atoms with E-state index in [2.05, 4.69) is 14.9 Å². The van der Waals surface area contributed by atoms with Crippen LogP contribution in [-0.4, -0.2) is 57.9 Å². The molecule has 3 heterocycles. The Bertz CT molecular complexity index is 422. The van der Waals surface area contributed by atoms with Crippen molar-refractivity contribution in [2.24, 2.45) is 0 Å². The Hall–Kier alpha value is -1.49. The summed E-state index contributed by atoms with van der Waals surface area (Å²) in [6.07, 6.45) is 8.26. The number of amides is 1. The summed E-state index contributed by atoms with van der Waals surface area (Å²) < 4.78 is 0. The second-order valence-corrected chi connectivity index (χ2v) is 5.03. The molecule has 2 aliphatic rings. The van der Waals surface area contributed by atoms with Crippen molar-refractivity contribution < 1.29 is 4.79 Å². The van der Waals surface area contributed by atoms with Gasteiger partial charge in [-0.15, -0.1) is 0 Å². The first-order valence-electron chi connectivity index (χ1n) is 6.64. The molecule has 2 aliphatic heterocycles. The molecule has 5 nitrogen and oxygen atoms in total. The number of aromatic nitrogens is 2. The number of rotatable bonds is 1. The van der Waals surface area contributed by atoms with Crippen LogP contribution in [0.15, 0.2) is 18.6 Å². The third-order valence-electron chi connectivity index (χ3n) is 3.87. The Morgan fingerprint density at radius 1 is 1.22 bits per heavy atom. The lowest BCUT2D eigenvalue weighted by Gasteiger charge is -2.25. The third kappa shape index (κ3) is 2.22. The first-order chi connectivity index (χ1) is 8.84. The molecule has 2 fully saturated rings. The van der Waals surface area contributed by atoms with E-state index in [1.807, 2.05) is 4.90 Å². The SMILES string of the molecule is O=C(c1cnccn1)N1CCCN2CCCC2C1. The number of nitrogens with zero attached hydrogens (tertiary/aromatic N) is 4. The van der Waals surface area contributed by atoms with E-state index in [4.69, 9.17) is 0 Å². The van der Waals surface area contributed by atoms with E-state index in [-0.39, 0.29) is 5.91 Å². The molecule has 18 heavy (non-hydrogen) atoms. The van der Waals surface area contributed by atoms with Crippen LogP contribution in [-0.2, 0) is 0 Å². The first kappa shape index (κ1) is 11.6. The minimum absolute atomic E-state index is 0.0249. The maximum atomic E-state index is 12.3. The molecule has 0 bridgehead atoms. The summed E-state index contributed by atoms with van der Waals surface area (Å²) in [6, 6.07) is 0.549. The Morgan fingerprint density at radius 3 is 2.94 bits per heavy atom. The Morgan fingerprint density at radius 2 is 2.11 bits per heavy atom. The molecule has 0 aliphatic carbocycles. The minimum Gasteiger partial charge on any atom is -0.336 e. The van der Waals surface area contributed by atoms with Gasteiger partial charge in [-0.2, -0.15) is 0 Å². The van der Waals surface area contributed by atoms with Gasteiger partial charge in [0.05, 0.1) is 6.20 Å². The molecule has 0 spiro atoms. The summed E-state index contributed by atoms with van der Waals surface area (Å²) >= 11 is 0. The molecular weight excluding hydrogens is 228 g/mol. The maximum absolute atomic E-state index is 12.3. The highest BCUT2D eigenvalue weighted by atomic mass is 16.2. The smallest absolute Gasteiger partial charge is 0.274 e. The van der Waals surface area contributed by atoms with Crippen LogP contribution in [0, 0.1) is 0 Å². The second-order valence-electron chi connectivity index (χ2n) is 5.03. The van der Waals surface area contributed by atoms with Crippen LogP contribution in [0.2, 0.25) is 0 Å². The van der Waals surface area contributed by atoms with Gasteiger partial charge in [-0.05, 0) is 25.8 Å². The molecule has 1 aromatic heterocycles. The number of carbonyl (C=O) groups is 1. The summed E-state index contributed by atoms with van der Waals surface area (Å²) in [4.78, 5) is 24.9. The molecule has 0 N–H and O–H groups in total. The molecule has 1 atom stereocenters. The summed E-state index contributed by atoms with van der Waals surface area (Å²) in [6.45, 7) is 3.99. The molecule has 0 aromatic carbocycles. The van der Waals surface area contributed by atoms with E-state index in [9.17, 15) is 4.79 Å². The van der Waals surface area contributed by atoms with Gasteiger partial charge < -0.3 is 4.90 Å². The van der Waals surface area contributed by atoms with Crippen molar-refractivity contribution in [3.8, 4) is 0 Å². The van der Waals surface area contributed by atoms with E-state index in [0.29, 0.717) is 11.7 Å². The summed E-state index contributed by atoms with van der Waals surface area (Å²) in [5, 5.41) is 0.